The Hall–Kier alpha value is -2.05. The van der Waals surface area contributed by atoms with E-state index in [1.165, 1.54) is 13.2 Å². The van der Waals surface area contributed by atoms with Gasteiger partial charge in [-0.2, -0.15) is 23.1 Å². The minimum Gasteiger partial charge on any atom is -0.507 e. The van der Waals surface area contributed by atoms with Crippen LogP contribution in [0.2, 0.25) is 0 Å². The number of alkyl halides is 3. The summed E-state index contributed by atoms with van der Waals surface area (Å²) in [4.78, 5) is 8.10. The summed E-state index contributed by atoms with van der Waals surface area (Å²) in [5.74, 6) is -0.0489. The van der Waals surface area contributed by atoms with Gasteiger partial charge in [-0.15, -0.1) is 0 Å². The zero-order chi connectivity index (χ0) is 14.8. The van der Waals surface area contributed by atoms with Crippen molar-refractivity contribution in [2.45, 2.75) is 25.4 Å². The first-order valence-electron chi connectivity index (χ1n) is 6.00. The van der Waals surface area contributed by atoms with Gasteiger partial charge in [0.2, 0.25) is 0 Å². The fraction of sp³-hybridized carbons (Fsp3) is 0.385. The third-order valence-electron chi connectivity index (χ3n) is 2.81. The van der Waals surface area contributed by atoms with Gasteiger partial charge in [0.15, 0.2) is 0 Å². The highest BCUT2D eigenvalue weighted by molar-refractivity contribution is 5.87. The number of aryl methyl sites for hydroxylation is 1. The van der Waals surface area contributed by atoms with E-state index in [-0.39, 0.29) is 24.6 Å². The summed E-state index contributed by atoms with van der Waals surface area (Å²) in [6.45, 7) is 0. The van der Waals surface area contributed by atoms with Crippen LogP contribution >= 0.6 is 0 Å². The molecule has 1 aromatic carbocycles. The Morgan fingerprint density at radius 3 is 2.65 bits per heavy atom. The second-order valence-corrected chi connectivity index (χ2v) is 4.30. The van der Waals surface area contributed by atoms with Crippen LogP contribution in [0.1, 0.15) is 18.5 Å². The predicted molar refractivity (Wildman–Crippen MR) is 66.7 cm³/mol. The maximum atomic E-state index is 12.2. The third kappa shape index (κ3) is 3.28. The summed E-state index contributed by atoms with van der Waals surface area (Å²) >= 11 is 0. The molecule has 4 nitrogen and oxygen atoms in total. The van der Waals surface area contributed by atoms with E-state index in [1.54, 1.807) is 12.1 Å². The van der Waals surface area contributed by atoms with Crippen LogP contribution in [0.25, 0.3) is 10.9 Å². The largest absolute Gasteiger partial charge is 0.507 e. The number of aromatic nitrogens is 2. The number of aromatic hydroxyl groups is 1. The van der Waals surface area contributed by atoms with Crippen LogP contribution in [0.15, 0.2) is 18.2 Å². The van der Waals surface area contributed by atoms with E-state index >= 15 is 0 Å². The Kier molecular flexibility index (Phi) is 3.96. The van der Waals surface area contributed by atoms with Crippen molar-refractivity contribution < 1.29 is 23.0 Å². The molecule has 2 aromatic rings. The van der Waals surface area contributed by atoms with E-state index in [0.717, 1.165) is 0 Å². The van der Waals surface area contributed by atoms with Crippen molar-refractivity contribution in [1.29, 1.82) is 0 Å². The summed E-state index contributed by atoms with van der Waals surface area (Å²) in [5, 5.41) is 10.2. The first-order chi connectivity index (χ1) is 9.40. The third-order valence-corrected chi connectivity index (χ3v) is 2.81. The first-order valence-corrected chi connectivity index (χ1v) is 6.00. The van der Waals surface area contributed by atoms with E-state index < -0.39 is 12.6 Å². The molecule has 0 aliphatic carbocycles. The molecule has 1 heterocycles. The average Bonchev–Trinajstić information content (AvgIpc) is 2.36. The molecule has 0 aliphatic heterocycles. The summed E-state index contributed by atoms with van der Waals surface area (Å²) in [6.07, 6.45) is -5.11. The Bertz CT molecular complexity index is 614. The van der Waals surface area contributed by atoms with Crippen molar-refractivity contribution in [3.8, 4) is 11.8 Å². The molecule has 0 bridgehead atoms. The highest BCUT2D eigenvalue weighted by Gasteiger charge is 2.26. The maximum Gasteiger partial charge on any atom is 0.389 e. The molecule has 108 valence electrons. The number of benzene rings is 1. The van der Waals surface area contributed by atoms with Gasteiger partial charge in [0.1, 0.15) is 5.75 Å². The fourth-order valence-electron chi connectivity index (χ4n) is 1.94. The van der Waals surface area contributed by atoms with E-state index in [2.05, 4.69) is 9.97 Å². The van der Waals surface area contributed by atoms with E-state index in [1.807, 2.05) is 0 Å². The summed E-state index contributed by atoms with van der Waals surface area (Å²) in [7, 11) is 1.38. The topological polar surface area (TPSA) is 55.2 Å². The number of fused-ring (bicyclic) bond motifs is 1. The number of hydrogen-bond acceptors (Lipinski definition) is 4. The minimum absolute atomic E-state index is 0.0489. The lowest BCUT2D eigenvalue weighted by Crippen LogP contribution is -2.08. The molecule has 0 saturated heterocycles. The zero-order valence-corrected chi connectivity index (χ0v) is 10.7. The Morgan fingerprint density at radius 2 is 2.00 bits per heavy atom. The van der Waals surface area contributed by atoms with Gasteiger partial charge in [-0.25, -0.2) is 0 Å². The number of phenols is 1. The Labute approximate surface area is 113 Å². The molecule has 0 radical (unpaired) electrons. The van der Waals surface area contributed by atoms with Crippen LogP contribution in [-0.4, -0.2) is 28.4 Å². The van der Waals surface area contributed by atoms with Gasteiger partial charge in [-0.05, 0) is 25.0 Å². The molecule has 1 N–H and O–H groups in total. The number of nitrogens with zero attached hydrogens (tertiary/aromatic N) is 2. The molecule has 0 unspecified atom stereocenters. The van der Waals surface area contributed by atoms with Crippen LogP contribution in [-0.2, 0) is 6.42 Å². The molecule has 0 saturated carbocycles. The van der Waals surface area contributed by atoms with E-state index in [9.17, 15) is 18.3 Å². The molecule has 0 amide bonds. The number of ether oxygens (including phenoxy) is 1. The molecule has 1 aromatic heterocycles. The fourth-order valence-corrected chi connectivity index (χ4v) is 1.94. The van der Waals surface area contributed by atoms with Crippen molar-refractivity contribution in [1.82, 2.24) is 9.97 Å². The normalized spacial score (nSPS) is 11.8. The van der Waals surface area contributed by atoms with Gasteiger partial charge in [0.05, 0.1) is 23.7 Å². The van der Waals surface area contributed by atoms with Crippen molar-refractivity contribution in [2.24, 2.45) is 0 Å². The maximum absolute atomic E-state index is 12.2. The lowest BCUT2D eigenvalue weighted by Gasteiger charge is -2.10. The Balaban J connectivity index is 2.35. The van der Waals surface area contributed by atoms with Crippen LogP contribution in [0, 0.1) is 0 Å². The van der Waals surface area contributed by atoms with Crippen molar-refractivity contribution >= 4 is 10.9 Å². The minimum atomic E-state index is -4.20. The van der Waals surface area contributed by atoms with Gasteiger partial charge >= 0.3 is 12.2 Å². The lowest BCUT2D eigenvalue weighted by atomic mass is 10.1. The predicted octanol–water partition coefficient (Wildman–Crippen LogP) is 3.23. The number of halogens is 3. The quantitative estimate of drug-likeness (QED) is 0.937. The molecule has 0 atom stereocenters. The number of phenolic OH excluding ortho intramolecular Hbond substituents is 1. The standard InChI is InChI=1S/C13H13F3N2O2/c1-20-12-17-8-4-2-6-10(19)11(8)9(18-12)5-3-7-13(14,15)16/h2,4,6,19H,3,5,7H2,1H3. The SMILES string of the molecule is COc1nc(CCCC(F)(F)F)c2c(O)cccc2n1. The van der Waals surface area contributed by atoms with Gasteiger partial charge < -0.3 is 9.84 Å². The lowest BCUT2D eigenvalue weighted by molar-refractivity contribution is -0.135. The highest BCUT2D eigenvalue weighted by atomic mass is 19.4. The molecular weight excluding hydrogens is 273 g/mol. The molecule has 20 heavy (non-hydrogen) atoms. The molecule has 7 heteroatoms. The Morgan fingerprint density at radius 1 is 1.25 bits per heavy atom. The van der Waals surface area contributed by atoms with Gasteiger partial charge in [0.25, 0.3) is 0 Å². The highest BCUT2D eigenvalue weighted by Crippen LogP contribution is 2.29. The first kappa shape index (κ1) is 14.4. The second kappa shape index (κ2) is 5.52. The van der Waals surface area contributed by atoms with E-state index in [0.29, 0.717) is 16.6 Å². The molecule has 0 fully saturated rings. The van der Waals surface area contributed by atoms with Crippen LogP contribution < -0.4 is 4.74 Å². The average molecular weight is 286 g/mol. The molecule has 0 aliphatic rings. The second-order valence-electron chi connectivity index (χ2n) is 4.30. The van der Waals surface area contributed by atoms with Gasteiger partial charge in [-0.3, -0.25) is 0 Å². The van der Waals surface area contributed by atoms with Crippen molar-refractivity contribution in [3.05, 3.63) is 23.9 Å². The monoisotopic (exact) mass is 286 g/mol. The van der Waals surface area contributed by atoms with E-state index in [4.69, 9.17) is 4.74 Å². The summed E-state index contributed by atoms with van der Waals surface area (Å²) < 4.78 is 41.5. The zero-order valence-electron chi connectivity index (χ0n) is 10.7. The molecule has 2 rings (SSSR count). The molecule has 0 spiro atoms. The van der Waals surface area contributed by atoms with Crippen molar-refractivity contribution in [3.63, 3.8) is 0 Å². The number of methoxy groups -OCH3 is 1. The van der Waals surface area contributed by atoms with Crippen LogP contribution in [0.5, 0.6) is 11.8 Å². The van der Waals surface area contributed by atoms with Crippen molar-refractivity contribution in [2.75, 3.05) is 7.11 Å². The summed E-state index contributed by atoms with van der Waals surface area (Å²) in [5.41, 5.74) is 0.799. The molecular formula is C13H13F3N2O2. The number of hydrogen-bond donors (Lipinski definition) is 1. The summed E-state index contributed by atoms with van der Waals surface area (Å²) in [6, 6.07) is 4.77. The number of rotatable bonds is 4. The van der Waals surface area contributed by atoms with Crippen LogP contribution in [0.3, 0.4) is 0 Å². The van der Waals surface area contributed by atoms with Gasteiger partial charge in [0, 0.05) is 6.42 Å². The van der Waals surface area contributed by atoms with Crippen LogP contribution in [0.4, 0.5) is 13.2 Å². The smallest absolute Gasteiger partial charge is 0.389 e. The van der Waals surface area contributed by atoms with Gasteiger partial charge in [-0.1, -0.05) is 6.07 Å².